The summed E-state index contributed by atoms with van der Waals surface area (Å²) < 4.78 is 68.2. The van der Waals surface area contributed by atoms with E-state index in [4.69, 9.17) is 37.0 Å². The third kappa shape index (κ3) is 60.3. The van der Waals surface area contributed by atoms with Crippen molar-refractivity contribution in [3.63, 3.8) is 0 Å². The number of rotatable bonds is 67. The molecule has 0 rings (SSSR count). The second kappa shape index (κ2) is 60.0. The number of aliphatic hydroxyl groups is 1. The molecular weight excluding hydrogens is 1160 g/mol. The van der Waals surface area contributed by atoms with E-state index < -0.39 is 97.5 Å². The minimum atomic E-state index is -4.95. The SMILES string of the molecule is CCCCCCCCCCCCCCCCC(=O)OC[C@H](COP(=O)(O)OC[C@@H](O)COP(=O)(O)OC[C@@H](COC(=O)CCCCCCCCC(C)CC)OC(=O)CCCCCCCCC(C)CC)OC(=O)CCCCCCCCCCCCCC(C)C. The Morgan fingerprint density at radius 1 is 0.330 bits per heavy atom. The number of esters is 4. The van der Waals surface area contributed by atoms with E-state index in [1.807, 2.05) is 0 Å². The fourth-order valence-electron chi connectivity index (χ4n) is 10.3. The van der Waals surface area contributed by atoms with Gasteiger partial charge in [-0.25, -0.2) is 9.13 Å². The molecule has 0 aromatic carbocycles. The van der Waals surface area contributed by atoms with Gasteiger partial charge in [-0.15, -0.1) is 0 Å². The van der Waals surface area contributed by atoms with Crippen molar-refractivity contribution in [3.8, 4) is 0 Å². The summed E-state index contributed by atoms with van der Waals surface area (Å²) in [5.41, 5.74) is 0. The van der Waals surface area contributed by atoms with Crippen LogP contribution < -0.4 is 0 Å². The third-order valence-corrected chi connectivity index (χ3v) is 18.5. The van der Waals surface area contributed by atoms with Gasteiger partial charge in [0.2, 0.25) is 0 Å². The van der Waals surface area contributed by atoms with E-state index in [2.05, 4.69) is 48.5 Å². The van der Waals surface area contributed by atoms with Gasteiger partial charge in [-0.2, -0.15) is 0 Å². The Morgan fingerprint density at radius 2 is 0.580 bits per heavy atom. The van der Waals surface area contributed by atoms with Crippen LogP contribution in [0.15, 0.2) is 0 Å². The van der Waals surface area contributed by atoms with Gasteiger partial charge >= 0.3 is 39.5 Å². The quantitative estimate of drug-likeness (QED) is 0.0222. The van der Waals surface area contributed by atoms with Gasteiger partial charge in [0.15, 0.2) is 12.2 Å². The number of hydrogen-bond acceptors (Lipinski definition) is 15. The second-order valence-electron chi connectivity index (χ2n) is 25.9. The molecule has 0 saturated heterocycles. The van der Waals surface area contributed by atoms with Gasteiger partial charge in [0.1, 0.15) is 19.3 Å². The Balaban J connectivity index is 5.26. The van der Waals surface area contributed by atoms with Crippen LogP contribution in [0.25, 0.3) is 0 Å². The predicted octanol–water partition coefficient (Wildman–Crippen LogP) is 19.5. The molecule has 0 aromatic heterocycles. The molecule has 0 radical (unpaired) electrons. The molecule has 19 heteroatoms. The van der Waals surface area contributed by atoms with Crippen LogP contribution in [-0.4, -0.2) is 96.7 Å². The van der Waals surface area contributed by atoms with Crippen LogP contribution in [0.4, 0.5) is 0 Å². The summed E-state index contributed by atoms with van der Waals surface area (Å²) in [6.45, 7) is 11.8. The molecule has 0 aliphatic carbocycles. The highest BCUT2D eigenvalue weighted by molar-refractivity contribution is 7.47. The number of ether oxygens (including phenoxy) is 4. The van der Waals surface area contributed by atoms with Crippen molar-refractivity contribution in [3.05, 3.63) is 0 Å². The monoisotopic (exact) mass is 1300 g/mol. The zero-order valence-electron chi connectivity index (χ0n) is 57.2. The van der Waals surface area contributed by atoms with E-state index in [0.29, 0.717) is 25.7 Å². The van der Waals surface area contributed by atoms with Crippen molar-refractivity contribution >= 4 is 39.5 Å². The number of carbonyl (C=O) groups is 4. The number of phosphoric acid groups is 2. The first-order valence-corrected chi connectivity index (χ1v) is 38.9. The Bertz CT molecular complexity index is 1740. The fraction of sp³-hybridized carbons (Fsp3) is 0.942. The summed E-state index contributed by atoms with van der Waals surface area (Å²) in [6.07, 6.45) is 43.1. The average molecular weight is 1300 g/mol. The molecule has 0 spiro atoms. The summed E-state index contributed by atoms with van der Waals surface area (Å²) in [5.74, 6) is 0.0856. The van der Waals surface area contributed by atoms with Crippen LogP contribution in [0.1, 0.15) is 344 Å². The summed E-state index contributed by atoms with van der Waals surface area (Å²) in [6, 6.07) is 0. The number of phosphoric ester groups is 2. The highest BCUT2D eigenvalue weighted by atomic mass is 31.2. The molecule has 0 bridgehead atoms. The lowest BCUT2D eigenvalue weighted by molar-refractivity contribution is -0.161. The molecule has 7 atom stereocenters. The zero-order valence-corrected chi connectivity index (χ0v) is 59.0. The lowest BCUT2D eigenvalue weighted by atomic mass is 10.00. The maximum atomic E-state index is 13.0. The lowest BCUT2D eigenvalue weighted by Crippen LogP contribution is -2.30. The molecule has 3 N–H and O–H groups in total. The summed E-state index contributed by atoms with van der Waals surface area (Å²) >= 11 is 0. The molecule has 0 aliphatic rings. The topological polar surface area (TPSA) is 237 Å². The maximum Gasteiger partial charge on any atom is 0.472 e. The Hall–Kier alpha value is -1.94. The highest BCUT2D eigenvalue weighted by Crippen LogP contribution is 2.45. The number of unbranched alkanes of at least 4 members (excludes halogenated alkanes) is 33. The van der Waals surface area contributed by atoms with Crippen molar-refractivity contribution in [2.45, 2.75) is 362 Å². The van der Waals surface area contributed by atoms with Gasteiger partial charge in [-0.05, 0) is 43.4 Å². The van der Waals surface area contributed by atoms with Crippen molar-refractivity contribution in [2.75, 3.05) is 39.6 Å². The Labute approximate surface area is 537 Å². The molecule has 0 aliphatic heterocycles. The van der Waals surface area contributed by atoms with Crippen LogP contribution in [-0.2, 0) is 65.4 Å². The largest absolute Gasteiger partial charge is 0.472 e. The molecule has 88 heavy (non-hydrogen) atoms. The fourth-order valence-corrected chi connectivity index (χ4v) is 11.9. The maximum absolute atomic E-state index is 13.0. The average Bonchev–Trinajstić information content (AvgIpc) is 3.54. The second-order valence-corrected chi connectivity index (χ2v) is 28.8. The molecule has 0 aromatic rings. The molecular formula is C69H134O17P2. The van der Waals surface area contributed by atoms with Crippen molar-refractivity contribution in [1.82, 2.24) is 0 Å². The number of carbonyl (C=O) groups excluding carboxylic acids is 4. The van der Waals surface area contributed by atoms with Crippen LogP contribution in [0.3, 0.4) is 0 Å². The summed E-state index contributed by atoms with van der Waals surface area (Å²) in [5, 5.41) is 10.6. The summed E-state index contributed by atoms with van der Waals surface area (Å²) in [4.78, 5) is 72.5. The standard InChI is InChI=1S/C69H134O17P2/c1-8-11-12-13-14-15-16-17-18-21-24-27-36-43-50-66(71)79-56-64(85-68(73)52-45-38-28-25-22-19-20-23-26-33-40-47-60(4)5)58-83-87(75,76)81-54-63(70)55-82-88(77,78)84-59-65(86-69(74)53-46-39-32-30-35-42-49-62(7)10-3)57-80-67(72)51-44-37-31-29-34-41-48-61(6)9-2/h60-65,70H,8-59H2,1-7H3,(H,75,76)(H,77,78)/t61?,62?,63-,64-,65-/m1/s1. The summed E-state index contributed by atoms with van der Waals surface area (Å²) in [7, 11) is -9.90. The molecule has 4 unspecified atom stereocenters. The van der Waals surface area contributed by atoms with E-state index >= 15 is 0 Å². The molecule has 522 valence electrons. The minimum Gasteiger partial charge on any atom is -0.462 e. The molecule has 0 saturated carbocycles. The number of aliphatic hydroxyl groups excluding tert-OH is 1. The Kier molecular flexibility index (Phi) is 58.7. The molecule has 0 fully saturated rings. The lowest BCUT2D eigenvalue weighted by Gasteiger charge is -2.21. The Morgan fingerprint density at radius 3 is 0.864 bits per heavy atom. The van der Waals surface area contributed by atoms with Gasteiger partial charge in [-0.1, -0.05) is 292 Å². The van der Waals surface area contributed by atoms with Crippen LogP contribution in [0.2, 0.25) is 0 Å². The van der Waals surface area contributed by atoms with Gasteiger partial charge in [-0.3, -0.25) is 37.3 Å². The van der Waals surface area contributed by atoms with E-state index in [0.717, 1.165) is 114 Å². The first-order chi connectivity index (χ1) is 42.3. The zero-order chi connectivity index (χ0) is 65.2. The van der Waals surface area contributed by atoms with Crippen molar-refractivity contribution in [2.24, 2.45) is 17.8 Å². The van der Waals surface area contributed by atoms with Gasteiger partial charge in [0, 0.05) is 25.7 Å². The van der Waals surface area contributed by atoms with Crippen LogP contribution in [0.5, 0.6) is 0 Å². The molecule has 0 heterocycles. The smallest absolute Gasteiger partial charge is 0.462 e. The first kappa shape index (κ1) is 86.1. The minimum absolute atomic E-state index is 0.102. The van der Waals surface area contributed by atoms with Crippen molar-refractivity contribution < 1.29 is 80.2 Å². The van der Waals surface area contributed by atoms with E-state index in [9.17, 15) is 43.2 Å². The van der Waals surface area contributed by atoms with E-state index in [1.165, 1.54) is 148 Å². The van der Waals surface area contributed by atoms with Gasteiger partial charge in [0.05, 0.1) is 26.4 Å². The first-order valence-electron chi connectivity index (χ1n) is 35.9. The highest BCUT2D eigenvalue weighted by Gasteiger charge is 2.30. The predicted molar refractivity (Wildman–Crippen MR) is 354 cm³/mol. The van der Waals surface area contributed by atoms with E-state index in [1.54, 1.807) is 0 Å². The normalized spacial score (nSPS) is 14.9. The van der Waals surface area contributed by atoms with E-state index in [-0.39, 0.29) is 25.7 Å². The van der Waals surface area contributed by atoms with Gasteiger partial charge in [0.25, 0.3) is 0 Å². The van der Waals surface area contributed by atoms with Gasteiger partial charge < -0.3 is 33.8 Å². The molecule has 17 nitrogen and oxygen atoms in total. The van der Waals surface area contributed by atoms with Crippen LogP contribution in [0, 0.1) is 17.8 Å². The van der Waals surface area contributed by atoms with Crippen LogP contribution >= 0.6 is 15.6 Å². The molecule has 0 amide bonds. The van der Waals surface area contributed by atoms with Crippen molar-refractivity contribution in [1.29, 1.82) is 0 Å². The third-order valence-electron chi connectivity index (χ3n) is 16.6. The number of hydrogen-bond donors (Lipinski definition) is 3.